The maximum absolute atomic E-state index is 12.8. The van der Waals surface area contributed by atoms with E-state index in [-0.39, 0.29) is 12.4 Å². The molecule has 0 radical (unpaired) electrons. The van der Waals surface area contributed by atoms with Gasteiger partial charge < -0.3 is 19.1 Å². The molecule has 166 valence electrons. The summed E-state index contributed by atoms with van der Waals surface area (Å²) in [5.41, 5.74) is 4.32. The lowest BCUT2D eigenvalue weighted by Gasteiger charge is -2.13. The molecule has 1 heterocycles. The number of benzene rings is 2. The van der Waals surface area contributed by atoms with Crippen LogP contribution >= 0.6 is 0 Å². The molecule has 1 N–H and O–H groups in total. The lowest BCUT2D eigenvalue weighted by atomic mass is 10.1. The van der Waals surface area contributed by atoms with Crippen molar-refractivity contribution in [3.05, 3.63) is 101 Å². The number of ether oxygens (including phenoxy) is 2. The van der Waals surface area contributed by atoms with Gasteiger partial charge in [-0.3, -0.25) is 4.79 Å². The minimum Gasteiger partial charge on any atom is -0.467 e. The van der Waals surface area contributed by atoms with Crippen molar-refractivity contribution in [2.45, 2.75) is 26.2 Å². The lowest BCUT2D eigenvalue weighted by Crippen LogP contribution is -2.29. The molecule has 3 rings (SSSR count). The number of allylic oxidation sites excluding steroid dienone is 1. The summed E-state index contributed by atoms with van der Waals surface area (Å²) in [7, 11) is 1.25. The first-order valence-electron chi connectivity index (χ1n) is 10.3. The van der Waals surface area contributed by atoms with Crippen molar-refractivity contribution in [1.82, 2.24) is 4.57 Å². The number of hydrogen-bond donors (Lipinski definition) is 1. The molecule has 0 aliphatic rings. The van der Waals surface area contributed by atoms with Crippen LogP contribution in [0.5, 0.6) is 0 Å². The van der Waals surface area contributed by atoms with Crippen LogP contribution in [-0.4, -0.2) is 41.2 Å². The largest absolute Gasteiger partial charge is 0.467 e. The summed E-state index contributed by atoms with van der Waals surface area (Å²) >= 11 is 0. The zero-order chi connectivity index (χ0) is 22.9. The minimum absolute atomic E-state index is 0.000825. The third-order valence-electron chi connectivity index (χ3n) is 5.05. The quantitative estimate of drug-likeness (QED) is 0.389. The number of carbonyl (C=O) groups excluding carboxylic acids is 2. The SMILES string of the molecule is COC(=O)[C@@H](CO)OCc1ccc(/C=C/Cn2cccc2C(=O)c2ccc(C)cc2)cc1. The number of ketones is 1. The van der Waals surface area contributed by atoms with Gasteiger partial charge in [0.25, 0.3) is 0 Å². The summed E-state index contributed by atoms with van der Waals surface area (Å²) in [6.45, 7) is 2.33. The van der Waals surface area contributed by atoms with Crippen molar-refractivity contribution in [1.29, 1.82) is 0 Å². The number of methoxy groups -OCH3 is 1. The standard InChI is InChI=1S/C26H27NO5/c1-19-7-13-22(14-8-19)25(29)23-6-4-16-27(23)15-3-5-20-9-11-21(12-10-20)18-32-24(17-28)26(30)31-2/h3-14,16,24,28H,15,17-18H2,1-2H3/b5-3+/t24-/m1/s1. The Morgan fingerprint density at radius 1 is 1.06 bits per heavy atom. The number of nitrogens with zero attached hydrogens (tertiary/aromatic N) is 1. The Hall–Kier alpha value is -3.48. The summed E-state index contributed by atoms with van der Waals surface area (Å²) < 4.78 is 11.9. The van der Waals surface area contributed by atoms with Gasteiger partial charge in [-0.1, -0.05) is 66.2 Å². The molecule has 3 aromatic rings. The number of rotatable bonds is 10. The maximum Gasteiger partial charge on any atom is 0.337 e. The first-order chi connectivity index (χ1) is 15.5. The third kappa shape index (κ3) is 6.03. The van der Waals surface area contributed by atoms with Gasteiger partial charge in [-0.25, -0.2) is 4.79 Å². The minimum atomic E-state index is -0.988. The Labute approximate surface area is 187 Å². The van der Waals surface area contributed by atoms with Crippen LogP contribution in [0.1, 0.15) is 32.7 Å². The molecule has 1 aromatic heterocycles. The Balaban J connectivity index is 1.58. The third-order valence-corrected chi connectivity index (χ3v) is 5.05. The molecular weight excluding hydrogens is 406 g/mol. The zero-order valence-electron chi connectivity index (χ0n) is 18.2. The summed E-state index contributed by atoms with van der Waals surface area (Å²) in [5, 5.41) is 9.20. The van der Waals surface area contributed by atoms with Gasteiger partial charge in [0.05, 0.1) is 26.0 Å². The monoisotopic (exact) mass is 433 g/mol. The van der Waals surface area contributed by atoms with E-state index in [0.29, 0.717) is 17.8 Å². The highest BCUT2D eigenvalue weighted by Gasteiger charge is 2.18. The summed E-state index contributed by atoms with van der Waals surface area (Å²) in [4.78, 5) is 24.3. The van der Waals surface area contributed by atoms with Crippen molar-refractivity contribution in [2.24, 2.45) is 0 Å². The van der Waals surface area contributed by atoms with E-state index in [2.05, 4.69) is 4.74 Å². The lowest BCUT2D eigenvalue weighted by molar-refractivity contribution is -0.157. The van der Waals surface area contributed by atoms with Crippen molar-refractivity contribution in [2.75, 3.05) is 13.7 Å². The fraction of sp³-hybridized carbons (Fsp3) is 0.231. The van der Waals surface area contributed by atoms with Crippen molar-refractivity contribution in [3.8, 4) is 0 Å². The van der Waals surface area contributed by atoms with E-state index in [4.69, 9.17) is 4.74 Å². The number of carbonyl (C=O) groups is 2. The summed E-state index contributed by atoms with van der Waals surface area (Å²) in [6.07, 6.45) is 4.88. The summed E-state index contributed by atoms with van der Waals surface area (Å²) in [6, 6.07) is 19.0. The van der Waals surface area contributed by atoms with Gasteiger partial charge in [-0.05, 0) is 30.2 Å². The van der Waals surface area contributed by atoms with Crippen LogP contribution in [-0.2, 0) is 27.4 Å². The molecule has 32 heavy (non-hydrogen) atoms. The van der Waals surface area contributed by atoms with Crippen LogP contribution in [0, 0.1) is 6.92 Å². The van der Waals surface area contributed by atoms with Crippen molar-refractivity contribution >= 4 is 17.8 Å². The molecule has 0 spiro atoms. The second-order valence-corrected chi connectivity index (χ2v) is 7.39. The van der Waals surface area contributed by atoms with Gasteiger partial charge in [0, 0.05) is 18.3 Å². The highest BCUT2D eigenvalue weighted by molar-refractivity contribution is 6.08. The molecule has 1 atom stereocenters. The van der Waals surface area contributed by atoms with Gasteiger partial charge in [-0.15, -0.1) is 0 Å². The zero-order valence-corrected chi connectivity index (χ0v) is 18.2. The Bertz CT molecular complexity index is 1060. The van der Waals surface area contributed by atoms with Crippen LogP contribution in [0.3, 0.4) is 0 Å². The van der Waals surface area contributed by atoms with Gasteiger partial charge in [0.2, 0.25) is 5.78 Å². The predicted molar refractivity (Wildman–Crippen MR) is 122 cm³/mol. The first-order valence-corrected chi connectivity index (χ1v) is 10.3. The number of aromatic nitrogens is 1. The van der Waals surface area contributed by atoms with E-state index in [1.807, 2.05) is 90.5 Å². The molecule has 6 nitrogen and oxygen atoms in total. The number of aliphatic hydroxyl groups is 1. The van der Waals surface area contributed by atoms with Crippen LogP contribution in [0.25, 0.3) is 6.08 Å². The van der Waals surface area contributed by atoms with Crippen LogP contribution in [0.4, 0.5) is 0 Å². The van der Waals surface area contributed by atoms with Crippen LogP contribution in [0.15, 0.2) is 72.9 Å². The van der Waals surface area contributed by atoms with E-state index in [9.17, 15) is 14.7 Å². The Morgan fingerprint density at radius 2 is 1.78 bits per heavy atom. The average Bonchev–Trinajstić information content (AvgIpc) is 3.28. The number of aryl methyl sites for hydroxylation is 1. The van der Waals surface area contributed by atoms with Crippen molar-refractivity contribution < 1.29 is 24.2 Å². The van der Waals surface area contributed by atoms with E-state index in [1.165, 1.54) is 7.11 Å². The highest BCUT2D eigenvalue weighted by atomic mass is 16.6. The van der Waals surface area contributed by atoms with Gasteiger partial charge in [-0.2, -0.15) is 0 Å². The van der Waals surface area contributed by atoms with E-state index in [0.717, 1.165) is 16.7 Å². The summed E-state index contributed by atoms with van der Waals surface area (Å²) in [5.74, 6) is -0.599. The van der Waals surface area contributed by atoms with E-state index >= 15 is 0 Å². The molecule has 0 saturated heterocycles. The van der Waals surface area contributed by atoms with Crippen LogP contribution in [0.2, 0.25) is 0 Å². The van der Waals surface area contributed by atoms with Crippen LogP contribution < -0.4 is 0 Å². The smallest absolute Gasteiger partial charge is 0.337 e. The Kier molecular flexibility index (Phi) is 8.14. The number of hydrogen-bond acceptors (Lipinski definition) is 5. The Morgan fingerprint density at radius 3 is 2.44 bits per heavy atom. The van der Waals surface area contributed by atoms with Gasteiger partial charge in [0.15, 0.2) is 6.10 Å². The average molecular weight is 434 g/mol. The number of esters is 1. The molecule has 0 fully saturated rings. The molecule has 6 heteroatoms. The maximum atomic E-state index is 12.8. The first kappa shape index (κ1) is 23.2. The second-order valence-electron chi connectivity index (χ2n) is 7.39. The molecule has 0 aliphatic heterocycles. The van der Waals surface area contributed by atoms with Gasteiger partial charge >= 0.3 is 5.97 Å². The number of aliphatic hydroxyl groups excluding tert-OH is 1. The molecule has 0 amide bonds. The molecule has 0 aliphatic carbocycles. The van der Waals surface area contributed by atoms with Gasteiger partial charge in [0.1, 0.15) is 0 Å². The second kappa shape index (κ2) is 11.2. The topological polar surface area (TPSA) is 77.8 Å². The molecule has 0 bridgehead atoms. The molecular formula is C26H27NO5. The molecule has 0 unspecified atom stereocenters. The fourth-order valence-corrected chi connectivity index (χ4v) is 3.18. The predicted octanol–water partition coefficient (Wildman–Crippen LogP) is 3.79. The van der Waals surface area contributed by atoms with E-state index < -0.39 is 18.7 Å². The molecule has 2 aromatic carbocycles. The highest BCUT2D eigenvalue weighted by Crippen LogP contribution is 2.13. The normalized spacial score (nSPS) is 12.1. The fourth-order valence-electron chi connectivity index (χ4n) is 3.18. The molecule has 0 saturated carbocycles. The van der Waals surface area contributed by atoms with E-state index in [1.54, 1.807) is 0 Å². The van der Waals surface area contributed by atoms with Crippen molar-refractivity contribution in [3.63, 3.8) is 0 Å².